The van der Waals surface area contributed by atoms with Gasteiger partial charge in [0.05, 0.1) is 5.25 Å². The average Bonchev–Trinajstić information content (AvgIpc) is 2.89. The lowest BCUT2D eigenvalue weighted by Gasteiger charge is -2.24. The van der Waals surface area contributed by atoms with Crippen LogP contribution in [-0.2, 0) is 29.1 Å². The second kappa shape index (κ2) is 6.93. The van der Waals surface area contributed by atoms with Crippen molar-refractivity contribution in [3.05, 3.63) is 34.9 Å². The van der Waals surface area contributed by atoms with Gasteiger partial charge in [-0.3, -0.25) is 0 Å². The largest absolute Gasteiger partial charge is 0.312 e. The molecule has 2 rings (SSSR count). The molecule has 0 heterocycles. The van der Waals surface area contributed by atoms with Gasteiger partial charge < -0.3 is 5.32 Å². The van der Waals surface area contributed by atoms with Gasteiger partial charge in [-0.15, -0.1) is 0 Å². The van der Waals surface area contributed by atoms with Crippen molar-refractivity contribution in [2.24, 2.45) is 0 Å². The van der Waals surface area contributed by atoms with Gasteiger partial charge in [0, 0.05) is 12.3 Å². The molecule has 2 unspecified atom stereocenters. The van der Waals surface area contributed by atoms with E-state index in [9.17, 15) is 8.42 Å². The first-order valence-corrected chi connectivity index (χ1v) is 9.90. The van der Waals surface area contributed by atoms with Gasteiger partial charge in [-0.1, -0.05) is 25.1 Å². The molecule has 0 bridgehead atoms. The van der Waals surface area contributed by atoms with Crippen LogP contribution in [0, 0.1) is 0 Å². The molecule has 1 aromatic carbocycles. The third-order valence-electron chi connectivity index (χ3n) is 4.52. The fourth-order valence-corrected chi connectivity index (χ4v) is 3.83. The van der Waals surface area contributed by atoms with Crippen LogP contribution < -0.4 is 5.32 Å². The van der Waals surface area contributed by atoms with E-state index in [1.54, 1.807) is 0 Å². The van der Waals surface area contributed by atoms with Gasteiger partial charge in [-0.2, -0.15) is 0 Å². The number of aryl methyl sites for hydroxylation is 2. The van der Waals surface area contributed by atoms with Crippen molar-refractivity contribution in [1.29, 1.82) is 0 Å². The van der Waals surface area contributed by atoms with Crippen molar-refractivity contribution >= 4 is 9.84 Å². The average molecular weight is 309 g/mol. The standard InChI is InChI=1S/C17H27NO2S/c1-4-10-18-17(13(2)21(3,19)20)12-14-8-9-15-6-5-7-16(15)11-14/h8-9,11,13,17-18H,4-7,10,12H2,1-3H3. The van der Waals surface area contributed by atoms with Crippen molar-refractivity contribution in [1.82, 2.24) is 5.32 Å². The summed E-state index contributed by atoms with van der Waals surface area (Å²) in [5.74, 6) is 0. The molecule has 0 saturated heterocycles. The summed E-state index contributed by atoms with van der Waals surface area (Å²) in [5.41, 5.74) is 4.17. The van der Waals surface area contributed by atoms with Gasteiger partial charge in [0.15, 0.2) is 9.84 Å². The van der Waals surface area contributed by atoms with Gasteiger partial charge in [0.1, 0.15) is 0 Å². The van der Waals surface area contributed by atoms with Crippen LogP contribution in [0.4, 0.5) is 0 Å². The molecule has 4 heteroatoms. The number of fused-ring (bicyclic) bond motifs is 1. The first kappa shape index (κ1) is 16.5. The van der Waals surface area contributed by atoms with Crippen LogP contribution in [0.25, 0.3) is 0 Å². The third kappa shape index (κ3) is 4.30. The van der Waals surface area contributed by atoms with Crippen molar-refractivity contribution < 1.29 is 8.42 Å². The Kier molecular flexibility index (Phi) is 5.44. The summed E-state index contributed by atoms with van der Waals surface area (Å²) >= 11 is 0. The van der Waals surface area contributed by atoms with Crippen LogP contribution in [0.5, 0.6) is 0 Å². The number of nitrogens with one attached hydrogen (secondary N) is 1. The third-order valence-corrected chi connectivity index (χ3v) is 6.20. The summed E-state index contributed by atoms with van der Waals surface area (Å²) in [7, 11) is -3.03. The molecular weight excluding hydrogens is 282 g/mol. The Morgan fingerprint density at radius 2 is 1.95 bits per heavy atom. The Labute approximate surface area is 129 Å². The molecule has 1 aliphatic carbocycles. The van der Waals surface area contributed by atoms with E-state index >= 15 is 0 Å². The number of sulfone groups is 1. The highest BCUT2D eigenvalue weighted by Gasteiger charge is 2.26. The number of hydrogen-bond acceptors (Lipinski definition) is 3. The predicted molar refractivity (Wildman–Crippen MR) is 88.6 cm³/mol. The lowest BCUT2D eigenvalue weighted by atomic mass is 9.99. The lowest BCUT2D eigenvalue weighted by Crippen LogP contribution is -2.44. The molecule has 1 aromatic rings. The Morgan fingerprint density at radius 1 is 1.24 bits per heavy atom. The maximum Gasteiger partial charge on any atom is 0.151 e. The zero-order chi connectivity index (χ0) is 15.5. The van der Waals surface area contributed by atoms with Gasteiger partial charge >= 0.3 is 0 Å². The predicted octanol–water partition coefficient (Wildman–Crippen LogP) is 2.52. The summed E-state index contributed by atoms with van der Waals surface area (Å²) in [5, 5.41) is 3.05. The first-order valence-electron chi connectivity index (χ1n) is 7.94. The molecule has 0 fully saturated rings. The van der Waals surface area contributed by atoms with E-state index in [4.69, 9.17) is 0 Å². The zero-order valence-electron chi connectivity index (χ0n) is 13.4. The molecule has 3 nitrogen and oxygen atoms in total. The van der Waals surface area contributed by atoms with Gasteiger partial charge in [-0.05, 0) is 62.3 Å². The summed E-state index contributed by atoms with van der Waals surface area (Å²) in [6.07, 6.45) is 6.72. The Morgan fingerprint density at radius 3 is 2.62 bits per heavy atom. The van der Waals surface area contributed by atoms with Crippen LogP contribution in [0.2, 0.25) is 0 Å². The summed E-state index contributed by atoms with van der Waals surface area (Å²) < 4.78 is 23.7. The van der Waals surface area contributed by atoms with E-state index in [1.807, 2.05) is 6.92 Å². The molecule has 0 aliphatic heterocycles. The second-order valence-electron chi connectivity index (χ2n) is 6.26. The molecule has 0 aromatic heterocycles. The van der Waals surface area contributed by atoms with Crippen molar-refractivity contribution in [3.63, 3.8) is 0 Å². The van der Waals surface area contributed by atoms with E-state index in [0.717, 1.165) is 25.8 Å². The molecule has 1 N–H and O–H groups in total. The van der Waals surface area contributed by atoms with Crippen LogP contribution >= 0.6 is 0 Å². The second-order valence-corrected chi connectivity index (χ2v) is 8.66. The van der Waals surface area contributed by atoms with E-state index < -0.39 is 9.84 Å². The Bertz CT molecular complexity index is 580. The van der Waals surface area contributed by atoms with Crippen LogP contribution in [-0.4, -0.2) is 32.5 Å². The molecule has 0 spiro atoms. The van der Waals surface area contributed by atoms with Crippen LogP contribution in [0.15, 0.2) is 18.2 Å². The lowest BCUT2D eigenvalue weighted by molar-refractivity contribution is 0.482. The molecule has 118 valence electrons. The Balaban J connectivity index is 2.14. The fourth-order valence-electron chi connectivity index (χ4n) is 3.04. The van der Waals surface area contributed by atoms with Crippen LogP contribution in [0.3, 0.4) is 0 Å². The first-order chi connectivity index (χ1) is 9.91. The normalized spacial score (nSPS) is 17.5. The van der Waals surface area contributed by atoms with Crippen molar-refractivity contribution in [2.45, 2.75) is 57.2 Å². The van der Waals surface area contributed by atoms with Gasteiger partial charge in [0.25, 0.3) is 0 Å². The van der Waals surface area contributed by atoms with Crippen molar-refractivity contribution in [2.75, 3.05) is 12.8 Å². The van der Waals surface area contributed by atoms with Gasteiger partial charge in [0.2, 0.25) is 0 Å². The molecule has 21 heavy (non-hydrogen) atoms. The maximum atomic E-state index is 11.9. The summed E-state index contributed by atoms with van der Waals surface area (Å²) in [4.78, 5) is 0. The highest BCUT2D eigenvalue weighted by atomic mass is 32.2. The molecule has 1 aliphatic rings. The number of hydrogen-bond donors (Lipinski definition) is 1. The molecule has 0 amide bonds. The van der Waals surface area contributed by atoms with Crippen molar-refractivity contribution in [3.8, 4) is 0 Å². The highest BCUT2D eigenvalue weighted by molar-refractivity contribution is 7.91. The number of benzene rings is 1. The molecule has 0 saturated carbocycles. The number of rotatable bonds is 7. The fraction of sp³-hybridized carbons (Fsp3) is 0.647. The van der Waals surface area contributed by atoms with E-state index in [-0.39, 0.29) is 11.3 Å². The molecule has 0 radical (unpaired) electrons. The molecule has 2 atom stereocenters. The highest BCUT2D eigenvalue weighted by Crippen LogP contribution is 2.24. The minimum atomic E-state index is -3.03. The van der Waals surface area contributed by atoms with Gasteiger partial charge in [-0.25, -0.2) is 8.42 Å². The topological polar surface area (TPSA) is 46.2 Å². The zero-order valence-corrected chi connectivity index (χ0v) is 14.2. The quantitative estimate of drug-likeness (QED) is 0.842. The summed E-state index contributed by atoms with van der Waals surface area (Å²) in [6, 6.07) is 6.65. The SMILES string of the molecule is CCCNC(Cc1ccc2c(c1)CCC2)C(C)S(C)(=O)=O. The van der Waals surface area contributed by atoms with E-state index in [1.165, 1.54) is 35.8 Å². The Hall–Kier alpha value is -0.870. The smallest absolute Gasteiger partial charge is 0.151 e. The molecular formula is C17H27NO2S. The minimum absolute atomic E-state index is 0.0144. The summed E-state index contributed by atoms with van der Waals surface area (Å²) in [6.45, 7) is 4.77. The minimum Gasteiger partial charge on any atom is -0.312 e. The van der Waals surface area contributed by atoms with Crippen LogP contribution in [0.1, 0.15) is 43.4 Å². The van der Waals surface area contributed by atoms with E-state index in [0.29, 0.717) is 0 Å². The monoisotopic (exact) mass is 309 g/mol. The maximum absolute atomic E-state index is 11.9. The van der Waals surface area contributed by atoms with E-state index in [2.05, 4.69) is 30.4 Å².